The second-order valence-electron chi connectivity index (χ2n) is 5.20. The lowest BCUT2D eigenvalue weighted by atomic mass is 10.3. The van der Waals surface area contributed by atoms with Crippen molar-refractivity contribution in [2.75, 3.05) is 26.7 Å². The Hall–Kier alpha value is -1.42. The summed E-state index contributed by atoms with van der Waals surface area (Å²) < 4.78 is 18.3. The SMILES string of the molecule is CN=C(NCCCOc1ccc(F)cc1)NCCc1ncc(C)s1.I. The molecule has 25 heavy (non-hydrogen) atoms. The molecule has 0 aliphatic carbocycles. The number of hydrogen-bond donors (Lipinski definition) is 2. The van der Waals surface area contributed by atoms with Crippen LogP contribution >= 0.6 is 35.3 Å². The molecule has 8 heteroatoms. The van der Waals surface area contributed by atoms with Crippen LogP contribution in [0.3, 0.4) is 0 Å². The maximum Gasteiger partial charge on any atom is 0.190 e. The fourth-order valence-corrected chi connectivity index (χ4v) is 2.81. The summed E-state index contributed by atoms with van der Waals surface area (Å²) in [6, 6.07) is 6.04. The van der Waals surface area contributed by atoms with E-state index in [1.807, 2.05) is 6.20 Å². The van der Waals surface area contributed by atoms with Crippen LogP contribution in [0.2, 0.25) is 0 Å². The van der Waals surface area contributed by atoms with Crippen molar-refractivity contribution in [1.82, 2.24) is 15.6 Å². The van der Waals surface area contributed by atoms with Gasteiger partial charge >= 0.3 is 0 Å². The van der Waals surface area contributed by atoms with Gasteiger partial charge in [0, 0.05) is 37.6 Å². The van der Waals surface area contributed by atoms with E-state index in [1.54, 1.807) is 30.5 Å². The number of nitrogens with one attached hydrogen (secondary N) is 2. The molecule has 1 aromatic carbocycles. The third-order valence-corrected chi connectivity index (χ3v) is 4.19. The summed E-state index contributed by atoms with van der Waals surface area (Å²) >= 11 is 1.72. The van der Waals surface area contributed by atoms with Crippen LogP contribution in [-0.2, 0) is 6.42 Å². The average Bonchev–Trinajstić information content (AvgIpc) is 3.00. The van der Waals surface area contributed by atoms with Crippen LogP contribution in [0.1, 0.15) is 16.3 Å². The van der Waals surface area contributed by atoms with E-state index >= 15 is 0 Å². The maximum absolute atomic E-state index is 12.8. The summed E-state index contributed by atoms with van der Waals surface area (Å²) in [7, 11) is 1.75. The Kier molecular flexibility index (Phi) is 10.4. The van der Waals surface area contributed by atoms with Crippen LogP contribution in [-0.4, -0.2) is 37.7 Å². The van der Waals surface area contributed by atoms with Gasteiger partial charge in [0.15, 0.2) is 5.96 Å². The largest absolute Gasteiger partial charge is 0.494 e. The summed E-state index contributed by atoms with van der Waals surface area (Å²) in [5.41, 5.74) is 0. The summed E-state index contributed by atoms with van der Waals surface area (Å²) in [6.45, 7) is 4.16. The number of benzene rings is 1. The number of nitrogens with zero attached hydrogens (tertiary/aromatic N) is 2. The number of aryl methyl sites for hydroxylation is 1. The fourth-order valence-electron chi connectivity index (χ4n) is 2.03. The molecule has 1 heterocycles. The van der Waals surface area contributed by atoms with E-state index in [-0.39, 0.29) is 29.8 Å². The number of halogens is 2. The highest BCUT2D eigenvalue weighted by atomic mass is 127. The molecular formula is C17H24FIN4OS. The number of ether oxygens (including phenoxy) is 1. The van der Waals surface area contributed by atoms with E-state index in [2.05, 4.69) is 27.5 Å². The van der Waals surface area contributed by atoms with E-state index in [0.717, 1.165) is 36.9 Å². The first kappa shape index (κ1) is 21.6. The zero-order valence-corrected chi connectivity index (χ0v) is 17.6. The molecule has 0 bridgehead atoms. The quantitative estimate of drug-likeness (QED) is 0.265. The minimum absolute atomic E-state index is 0. The topological polar surface area (TPSA) is 58.5 Å². The fraction of sp³-hybridized carbons (Fsp3) is 0.412. The molecule has 1 aromatic heterocycles. The summed E-state index contributed by atoms with van der Waals surface area (Å²) in [5, 5.41) is 7.63. The molecule has 0 unspecified atom stereocenters. The standard InChI is InChI=1S/C17H23FN4OS.HI/c1-13-12-22-16(24-13)8-10-21-17(19-2)20-9-3-11-23-15-6-4-14(18)5-7-15;/h4-7,12H,3,8-11H2,1-2H3,(H2,19,20,21);1H. The zero-order valence-electron chi connectivity index (χ0n) is 14.4. The molecule has 0 radical (unpaired) electrons. The molecule has 0 aliphatic rings. The van der Waals surface area contributed by atoms with Gasteiger partial charge in [-0.1, -0.05) is 0 Å². The second kappa shape index (κ2) is 12.0. The number of guanidine groups is 1. The molecule has 0 amide bonds. The van der Waals surface area contributed by atoms with Gasteiger partial charge < -0.3 is 15.4 Å². The van der Waals surface area contributed by atoms with E-state index in [1.165, 1.54) is 17.0 Å². The Balaban J connectivity index is 0.00000312. The van der Waals surface area contributed by atoms with Crippen LogP contribution in [0, 0.1) is 12.7 Å². The van der Waals surface area contributed by atoms with Crippen molar-refractivity contribution in [3.05, 3.63) is 46.2 Å². The number of rotatable bonds is 8. The molecule has 0 fully saturated rings. The van der Waals surface area contributed by atoms with Gasteiger partial charge in [0.2, 0.25) is 0 Å². The number of aromatic nitrogens is 1. The van der Waals surface area contributed by atoms with Crippen molar-refractivity contribution in [2.24, 2.45) is 4.99 Å². The Morgan fingerprint density at radius 2 is 1.96 bits per heavy atom. The predicted octanol–water partition coefficient (Wildman–Crippen LogP) is 3.39. The minimum atomic E-state index is -0.258. The van der Waals surface area contributed by atoms with Crippen LogP contribution in [0.5, 0.6) is 5.75 Å². The van der Waals surface area contributed by atoms with E-state index in [0.29, 0.717) is 12.4 Å². The van der Waals surface area contributed by atoms with Gasteiger partial charge in [0.1, 0.15) is 11.6 Å². The Bertz CT molecular complexity index is 648. The summed E-state index contributed by atoms with van der Waals surface area (Å²) in [5.74, 6) is 1.19. The first-order valence-corrected chi connectivity index (χ1v) is 8.73. The summed E-state index contributed by atoms with van der Waals surface area (Å²) in [6.07, 6.45) is 3.60. The molecule has 2 rings (SSSR count). The van der Waals surface area contributed by atoms with Crippen molar-refractivity contribution in [2.45, 2.75) is 19.8 Å². The number of thiazole rings is 1. The van der Waals surface area contributed by atoms with E-state index in [9.17, 15) is 4.39 Å². The Morgan fingerprint density at radius 3 is 2.60 bits per heavy atom. The van der Waals surface area contributed by atoms with Gasteiger partial charge in [-0.3, -0.25) is 4.99 Å². The van der Waals surface area contributed by atoms with Gasteiger partial charge in [-0.05, 0) is 37.6 Å². The molecule has 5 nitrogen and oxygen atoms in total. The van der Waals surface area contributed by atoms with Crippen LogP contribution in [0.15, 0.2) is 35.5 Å². The molecular weight excluding hydrogens is 454 g/mol. The first-order chi connectivity index (χ1) is 11.7. The van der Waals surface area contributed by atoms with Gasteiger partial charge in [0.25, 0.3) is 0 Å². The Morgan fingerprint density at radius 1 is 1.24 bits per heavy atom. The van der Waals surface area contributed by atoms with E-state index in [4.69, 9.17) is 4.74 Å². The molecule has 2 N–H and O–H groups in total. The lowest BCUT2D eigenvalue weighted by Crippen LogP contribution is -2.39. The molecule has 138 valence electrons. The third-order valence-electron chi connectivity index (χ3n) is 3.22. The van der Waals surface area contributed by atoms with Crippen LogP contribution in [0.25, 0.3) is 0 Å². The normalized spacial score (nSPS) is 10.9. The molecule has 0 spiro atoms. The predicted molar refractivity (Wildman–Crippen MR) is 112 cm³/mol. The van der Waals surface area contributed by atoms with Gasteiger partial charge in [-0.2, -0.15) is 0 Å². The van der Waals surface area contributed by atoms with Gasteiger partial charge in [-0.25, -0.2) is 9.37 Å². The van der Waals surface area contributed by atoms with E-state index < -0.39 is 0 Å². The smallest absolute Gasteiger partial charge is 0.190 e. The van der Waals surface area contributed by atoms with Crippen molar-refractivity contribution in [3.8, 4) is 5.75 Å². The van der Waals surface area contributed by atoms with Crippen molar-refractivity contribution < 1.29 is 9.13 Å². The molecule has 2 aromatic rings. The second-order valence-corrected chi connectivity index (χ2v) is 6.52. The number of aliphatic imine (C=N–C) groups is 1. The van der Waals surface area contributed by atoms with Crippen LogP contribution < -0.4 is 15.4 Å². The van der Waals surface area contributed by atoms with Gasteiger partial charge in [0.05, 0.1) is 11.6 Å². The molecule has 0 aliphatic heterocycles. The van der Waals surface area contributed by atoms with Gasteiger partial charge in [-0.15, -0.1) is 35.3 Å². The highest BCUT2D eigenvalue weighted by molar-refractivity contribution is 14.0. The van der Waals surface area contributed by atoms with Crippen molar-refractivity contribution in [1.29, 1.82) is 0 Å². The lowest BCUT2D eigenvalue weighted by Gasteiger charge is -2.11. The third kappa shape index (κ3) is 8.48. The van der Waals surface area contributed by atoms with Crippen molar-refractivity contribution >= 4 is 41.3 Å². The summed E-state index contributed by atoms with van der Waals surface area (Å²) in [4.78, 5) is 9.75. The highest BCUT2D eigenvalue weighted by Crippen LogP contribution is 2.11. The first-order valence-electron chi connectivity index (χ1n) is 7.91. The zero-order chi connectivity index (χ0) is 17.2. The lowest BCUT2D eigenvalue weighted by molar-refractivity contribution is 0.310. The van der Waals surface area contributed by atoms with Crippen LogP contribution in [0.4, 0.5) is 4.39 Å². The molecule has 0 saturated heterocycles. The molecule has 0 atom stereocenters. The highest BCUT2D eigenvalue weighted by Gasteiger charge is 2.01. The average molecular weight is 478 g/mol. The van der Waals surface area contributed by atoms with Crippen molar-refractivity contribution in [3.63, 3.8) is 0 Å². The molecule has 0 saturated carbocycles. The maximum atomic E-state index is 12.8. The minimum Gasteiger partial charge on any atom is -0.494 e. The number of hydrogen-bond acceptors (Lipinski definition) is 4. The monoisotopic (exact) mass is 478 g/mol. The Labute approximate surface area is 169 Å².